The van der Waals surface area contributed by atoms with E-state index in [1.807, 2.05) is 0 Å². The van der Waals surface area contributed by atoms with Crippen molar-refractivity contribution in [1.82, 2.24) is 0 Å². The number of ether oxygens (including phenoxy) is 3. The molecule has 0 bridgehead atoms. The minimum Gasteiger partial charge on any atom is -0.376 e. The fourth-order valence-electron chi connectivity index (χ4n) is 2.34. The smallest absolute Gasteiger partial charge is 0.171 e. The standard InChI is InChI=1S/C11H21NO3/c1-2-5-13-10-8-11(4-3-9(10)12)14-6-7-15-11/h9-10H,2-8,12H2,1H3. The molecule has 2 unspecified atom stereocenters. The van der Waals surface area contributed by atoms with Gasteiger partial charge < -0.3 is 19.9 Å². The average Bonchev–Trinajstić information content (AvgIpc) is 2.69. The first-order valence-electron chi connectivity index (χ1n) is 5.91. The fourth-order valence-corrected chi connectivity index (χ4v) is 2.34. The van der Waals surface area contributed by atoms with Gasteiger partial charge in [0.2, 0.25) is 0 Å². The average molecular weight is 215 g/mol. The SMILES string of the molecule is CCCOC1CC2(CCC1N)OCCO2. The molecule has 1 aliphatic carbocycles. The molecule has 0 radical (unpaired) electrons. The van der Waals surface area contributed by atoms with Gasteiger partial charge in [0.15, 0.2) is 5.79 Å². The van der Waals surface area contributed by atoms with Gasteiger partial charge in [0.05, 0.1) is 19.3 Å². The summed E-state index contributed by atoms with van der Waals surface area (Å²) in [5.74, 6) is -0.381. The third-order valence-corrected chi connectivity index (χ3v) is 3.20. The van der Waals surface area contributed by atoms with E-state index in [1.165, 1.54) is 0 Å². The van der Waals surface area contributed by atoms with Crippen LogP contribution in [0, 0.1) is 0 Å². The Labute approximate surface area is 91.1 Å². The van der Waals surface area contributed by atoms with E-state index in [1.54, 1.807) is 0 Å². The van der Waals surface area contributed by atoms with Crippen molar-refractivity contribution in [2.75, 3.05) is 19.8 Å². The first kappa shape index (κ1) is 11.3. The van der Waals surface area contributed by atoms with Crippen LogP contribution in [-0.4, -0.2) is 37.8 Å². The highest BCUT2D eigenvalue weighted by molar-refractivity contribution is 4.90. The zero-order valence-electron chi connectivity index (χ0n) is 9.41. The van der Waals surface area contributed by atoms with Crippen LogP contribution < -0.4 is 5.73 Å². The van der Waals surface area contributed by atoms with Gasteiger partial charge in [0.1, 0.15) is 0 Å². The summed E-state index contributed by atoms with van der Waals surface area (Å²) in [5.41, 5.74) is 6.03. The maximum Gasteiger partial charge on any atom is 0.171 e. The van der Waals surface area contributed by atoms with Crippen LogP contribution in [0.4, 0.5) is 0 Å². The lowest BCUT2D eigenvalue weighted by Crippen LogP contribution is -2.50. The molecule has 88 valence electrons. The van der Waals surface area contributed by atoms with E-state index in [-0.39, 0.29) is 17.9 Å². The highest BCUT2D eigenvalue weighted by atomic mass is 16.7. The van der Waals surface area contributed by atoms with Crippen LogP contribution in [0.3, 0.4) is 0 Å². The number of hydrogen-bond donors (Lipinski definition) is 1. The van der Waals surface area contributed by atoms with E-state index in [0.717, 1.165) is 32.3 Å². The minimum absolute atomic E-state index is 0.0943. The second-order valence-corrected chi connectivity index (χ2v) is 4.42. The Balaban J connectivity index is 1.91. The van der Waals surface area contributed by atoms with E-state index < -0.39 is 0 Å². The van der Waals surface area contributed by atoms with Crippen LogP contribution in [0.1, 0.15) is 32.6 Å². The summed E-state index contributed by atoms with van der Waals surface area (Å²) in [6, 6.07) is 0.134. The maximum atomic E-state index is 6.03. The molecular weight excluding hydrogens is 194 g/mol. The predicted octanol–water partition coefficient (Wildman–Crippen LogP) is 1.04. The van der Waals surface area contributed by atoms with Gasteiger partial charge in [-0.1, -0.05) is 6.92 Å². The zero-order chi connectivity index (χ0) is 10.7. The number of nitrogens with two attached hydrogens (primary N) is 1. The Bertz CT molecular complexity index is 204. The molecule has 0 aromatic rings. The van der Waals surface area contributed by atoms with Crippen molar-refractivity contribution in [2.45, 2.75) is 50.5 Å². The van der Waals surface area contributed by atoms with Gasteiger partial charge in [-0.15, -0.1) is 0 Å². The second-order valence-electron chi connectivity index (χ2n) is 4.42. The Morgan fingerprint density at radius 2 is 2.13 bits per heavy atom. The topological polar surface area (TPSA) is 53.7 Å². The predicted molar refractivity (Wildman–Crippen MR) is 56.5 cm³/mol. The molecule has 1 heterocycles. The van der Waals surface area contributed by atoms with Gasteiger partial charge in [0.25, 0.3) is 0 Å². The molecule has 2 rings (SSSR count). The fraction of sp³-hybridized carbons (Fsp3) is 1.00. The quantitative estimate of drug-likeness (QED) is 0.764. The second kappa shape index (κ2) is 4.78. The van der Waals surface area contributed by atoms with Crippen LogP contribution in [0.25, 0.3) is 0 Å². The van der Waals surface area contributed by atoms with Crippen LogP contribution in [0.5, 0.6) is 0 Å². The normalized spacial score (nSPS) is 34.8. The van der Waals surface area contributed by atoms with Gasteiger partial charge >= 0.3 is 0 Å². The molecule has 2 N–H and O–H groups in total. The molecule has 4 heteroatoms. The summed E-state index contributed by atoms with van der Waals surface area (Å²) in [6.45, 7) is 4.28. The first-order chi connectivity index (χ1) is 7.26. The van der Waals surface area contributed by atoms with Crippen molar-refractivity contribution in [2.24, 2.45) is 5.73 Å². The molecule has 2 atom stereocenters. The Kier molecular flexibility index (Phi) is 3.61. The van der Waals surface area contributed by atoms with Crippen molar-refractivity contribution in [3.05, 3.63) is 0 Å². The summed E-state index contributed by atoms with van der Waals surface area (Å²) in [7, 11) is 0. The van der Waals surface area contributed by atoms with Crippen molar-refractivity contribution in [3.63, 3.8) is 0 Å². The first-order valence-corrected chi connectivity index (χ1v) is 5.91. The van der Waals surface area contributed by atoms with Crippen LogP contribution >= 0.6 is 0 Å². The molecule has 1 saturated heterocycles. The summed E-state index contributed by atoms with van der Waals surface area (Å²) in [5, 5.41) is 0. The molecule has 1 saturated carbocycles. The lowest BCUT2D eigenvalue weighted by Gasteiger charge is -2.39. The molecular formula is C11H21NO3. The molecule has 1 aliphatic heterocycles. The van der Waals surface area contributed by atoms with Crippen molar-refractivity contribution in [1.29, 1.82) is 0 Å². The highest BCUT2D eigenvalue weighted by Gasteiger charge is 2.44. The van der Waals surface area contributed by atoms with E-state index >= 15 is 0 Å². The van der Waals surface area contributed by atoms with Crippen molar-refractivity contribution < 1.29 is 14.2 Å². The zero-order valence-corrected chi connectivity index (χ0v) is 9.41. The minimum atomic E-state index is -0.381. The Morgan fingerprint density at radius 3 is 2.80 bits per heavy atom. The van der Waals surface area contributed by atoms with E-state index in [2.05, 4.69) is 6.92 Å². The van der Waals surface area contributed by atoms with Gasteiger partial charge in [-0.25, -0.2) is 0 Å². The van der Waals surface area contributed by atoms with Gasteiger partial charge in [-0.2, -0.15) is 0 Å². The Hall–Kier alpha value is -0.160. The lowest BCUT2D eigenvalue weighted by atomic mass is 9.88. The van der Waals surface area contributed by atoms with E-state index in [9.17, 15) is 0 Å². The maximum absolute atomic E-state index is 6.03. The van der Waals surface area contributed by atoms with Crippen molar-refractivity contribution >= 4 is 0 Å². The summed E-state index contributed by atoms with van der Waals surface area (Å²) >= 11 is 0. The molecule has 15 heavy (non-hydrogen) atoms. The van der Waals surface area contributed by atoms with E-state index in [4.69, 9.17) is 19.9 Å². The summed E-state index contributed by atoms with van der Waals surface area (Å²) < 4.78 is 17.1. The van der Waals surface area contributed by atoms with Gasteiger partial charge in [-0.3, -0.25) is 0 Å². The summed E-state index contributed by atoms with van der Waals surface area (Å²) in [6.07, 6.45) is 3.73. The lowest BCUT2D eigenvalue weighted by molar-refractivity contribution is -0.204. The Morgan fingerprint density at radius 1 is 1.40 bits per heavy atom. The molecule has 2 aliphatic rings. The van der Waals surface area contributed by atoms with Crippen LogP contribution in [0.15, 0.2) is 0 Å². The monoisotopic (exact) mass is 215 g/mol. The number of rotatable bonds is 3. The highest BCUT2D eigenvalue weighted by Crippen LogP contribution is 2.36. The third-order valence-electron chi connectivity index (χ3n) is 3.20. The molecule has 1 spiro atoms. The van der Waals surface area contributed by atoms with Crippen molar-refractivity contribution in [3.8, 4) is 0 Å². The molecule has 2 fully saturated rings. The molecule has 0 amide bonds. The molecule has 0 aromatic carbocycles. The molecule has 4 nitrogen and oxygen atoms in total. The summed E-state index contributed by atoms with van der Waals surface area (Å²) in [4.78, 5) is 0. The van der Waals surface area contributed by atoms with Gasteiger partial charge in [0, 0.05) is 25.5 Å². The third kappa shape index (κ3) is 2.50. The van der Waals surface area contributed by atoms with Crippen LogP contribution in [-0.2, 0) is 14.2 Å². The largest absolute Gasteiger partial charge is 0.376 e. The van der Waals surface area contributed by atoms with Crippen LogP contribution in [0.2, 0.25) is 0 Å². The van der Waals surface area contributed by atoms with Gasteiger partial charge in [-0.05, 0) is 12.8 Å². The molecule has 0 aromatic heterocycles. The van der Waals surface area contributed by atoms with E-state index in [0.29, 0.717) is 13.2 Å². The number of hydrogen-bond acceptors (Lipinski definition) is 4.